The highest BCUT2D eigenvalue weighted by Crippen LogP contribution is 2.33. The van der Waals surface area contributed by atoms with Crippen molar-refractivity contribution in [2.75, 3.05) is 32.6 Å². The molecule has 0 aliphatic rings. The standard InChI is InChI=1S/C23H27N3O6S/c1-6-26(7-2)33(29,30)15-8-9-18-16(11-15)17(12-22(27)24-18)23(28)25-19-13-21(32-5)20(31-4)10-14(19)3/h8-13H,6-7H2,1-5H3,(H,24,27)(H,25,28). The number of sulfonamides is 1. The van der Waals surface area contributed by atoms with E-state index in [1.807, 2.05) is 0 Å². The molecule has 9 nitrogen and oxygen atoms in total. The minimum Gasteiger partial charge on any atom is -0.493 e. The molecule has 0 bridgehead atoms. The van der Waals surface area contributed by atoms with Crippen molar-refractivity contribution in [3.05, 3.63) is 57.9 Å². The van der Waals surface area contributed by atoms with E-state index < -0.39 is 21.5 Å². The number of ether oxygens (including phenoxy) is 2. The lowest BCUT2D eigenvalue weighted by Crippen LogP contribution is -2.30. The summed E-state index contributed by atoms with van der Waals surface area (Å²) in [5.41, 5.74) is 1.13. The molecule has 0 aliphatic heterocycles. The van der Waals surface area contributed by atoms with Crippen molar-refractivity contribution >= 4 is 32.5 Å². The number of amides is 1. The summed E-state index contributed by atoms with van der Waals surface area (Å²) in [4.78, 5) is 28.1. The second-order valence-electron chi connectivity index (χ2n) is 7.32. The number of benzene rings is 2. The lowest BCUT2D eigenvalue weighted by atomic mass is 10.1. The van der Waals surface area contributed by atoms with Crippen LogP contribution in [0.1, 0.15) is 29.8 Å². The smallest absolute Gasteiger partial charge is 0.256 e. The van der Waals surface area contributed by atoms with E-state index in [0.717, 1.165) is 11.6 Å². The Bertz CT molecular complexity index is 1360. The minimum absolute atomic E-state index is 0.0436. The van der Waals surface area contributed by atoms with Gasteiger partial charge in [0.25, 0.3) is 5.91 Å². The van der Waals surface area contributed by atoms with Gasteiger partial charge >= 0.3 is 0 Å². The third kappa shape index (κ3) is 4.71. The van der Waals surface area contributed by atoms with E-state index in [9.17, 15) is 18.0 Å². The molecular formula is C23H27N3O6S. The maximum absolute atomic E-state index is 13.2. The van der Waals surface area contributed by atoms with Gasteiger partial charge < -0.3 is 19.8 Å². The highest BCUT2D eigenvalue weighted by atomic mass is 32.2. The van der Waals surface area contributed by atoms with Crippen molar-refractivity contribution in [2.45, 2.75) is 25.7 Å². The summed E-state index contributed by atoms with van der Waals surface area (Å²) in [6.45, 7) is 5.93. The number of H-pyrrole nitrogens is 1. The van der Waals surface area contributed by atoms with Gasteiger partial charge in [0.1, 0.15) is 0 Å². The topological polar surface area (TPSA) is 118 Å². The summed E-state index contributed by atoms with van der Waals surface area (Å²) in [7, 11) is -0.746. The molecule has 1 heterocycles. The number of aromatic nitrogens is 1. The molecule has 1 aromatic heterocycles. The van der Waals surface area contributed by atoms with Gasteiger partial charge in [-0.2, -0.15) is 4.31 Å². The van der Waals surface area contributed by atoms with Gasteiger partial charge in [-0.25, -0.2) is 8.42 Å². The molecule has 0 fully saturated rings. The van der Waals surface area contributed by atoms with Gasteiger partial charge in [-0.05, 0) is 36.8 Å². The number of hydrogen-bond acceptors (Lipinski definition) is 6. The molecule has 2 aromatic carbocycles. The maximum atomic E-state index is 13.2. The van der Waals surface area contributed by atoms with Gasteiger partial charge in [0.05, 0.1) is 24.7 Å². The average Bonchev–Trinajstić information content (AvgIpc) is 2.79. The molecule has 0 aliphatic carbocycles. The van der Waals surface area contributed by atoms with Crippen LogP contribution in [0.3, 0.4) is 0 Å². The zero-order chi connectivity index (χ0) is 24.3. The Morgan fingerprint density at radius 2 is 1.67 bits per heavy atom. The second kappa shape index (κ2) is 9.63. The number of anilines is 1. The van der Waals surface area contributed by atoms with Gasteiger partial charge in [-0.15, -0.1) is 0 Å². The molecule has 0 spiro atoms. The van der Waals surface area contributed by atoms with E-state index in [-0.39, 0.29) is 10.5 Å². The number of nitrogens with zero attached hydrogens (tertiary/aromatic N) is 1. The van der Waals surface area contributed by atoms with Gasteiger partial charge in [-0.1, -0.05) is 13.8 Å². The molecule has 0 saturated carbocycles. The predicted octanol–water partition coefficient (Wildman–Crippen LogP) is 3.14. The average molecular weight is 474 g/mol. The van der Waals surface area contributed by atoms with E-state index in [4.69, 9.17) is 9.47 Å². The Kier molecular flexibility index (Phi) is 7.09. The normalized spacial score (nSPS) is 11.6. The molecule has 3 aromatic rings. The zero-order valence-electron chi connectivity index (χ0n) is 19.2. The number of rotatable bonds is 8. The molecule has 2 N–H and O–H groups in total. The number of methoxy groups -OCH3 is 2. The third-order valence-electron chi connectivity index (χ3n) is 5.38. The summed E-state index contributed by atoms with van der Waals surface area (Å²) in [6, 6.07) is 8.82. The molecule has 1 amide bonds. The SMILES string of the molecule is CCN(CC)S(=O)(=O)c1ccc2[nH]c(=O)cc(C(=O)Nc3cc(OC)c(OC)cc3C)c2c1. The molecule has 0 saturated heterocycles. The molecule has 0 atom stereocenters. The van der Waals surface area contributed by atoms with Crippen LogP contribution in [0.25, 0.3) is 10.9 Å². The molecule has 0 unspecified atom stereocenters. The van der Waals surface area contributed by atoms with Crippen molar-refractivity contribution in [1.29, 1.82) is 0 Å². The number of nitrogens with one attached hydrogen (secondary N) is 2. The Morgan fingerprint density at radius 3 is 2.27 bits per heavy atom. The fourth-order valence-electron chi connectivity index (χ4n) is 3.60. The van der Waals surface area contributed by atoms with E-state index in [1.165, 1.54) is 36.7 Å². The van der Waals surface area contributed by atoms with Crippen molar-refractivity contribution in [3.63, 3.8) is 0 Å². The zero-order valence-corrected chi connectivity index (χ0v) is 20.0. The molecule has 0 radical (unpaired) electrons. The number of aryl methyl sites for hydroxylation is 1. The van der Waals surface area contributed by atoms with Crippen LogP contribution in [-0.2, 0) is 10.0 Å². The molecule has 3 rings (SSSR count). The fraction of sp³-hybridized carbons (Fsp3) is 0.304. The predicted molar refractivity (Wildman–Crippen MR) is 127 cm³/mol. The Labute approximate surface area is 192 Å². The van der Waals surface area contributed by atoms with Crippen LogP contribution in [0.5, 0.6) is 11.5 Å². The molecule has 10 heteroatoms. The first-order valence-corrected chi connectivity index (χ1v) is 11.8. The van der Waals surface area contributed by atoms with Crippen LogP contribution in [0, 0.1) is 6.92 Å². The highest BCUT2D eigenvalue weighted by Gasteiger charge is 2.23. The van der Waals surface area contributed by atoms with Crippen molar-refractivity contribution in [1.82, 2.24) is 9.29 Å². The van der Waals surface area contributed by atoms with Crippen molar-refractivity contribution in [2.24, 2.45) is 0 Å². The van der Waals surface area contributed by atoms with Gasteiger partial charge in [0.2, 0.25) is 15.6 Å². The summed E-state index contributed by atoms with van der Waals surface area (Å²) in [6.07, 6.45) is 0. The number of carbonyl (C=O) groups excluding carboxylic acids is 1. The van der Waals surface area contributed by atoms with Crippen LogP contribution in [0.15, 0.2) is 46.1 Å². The summed E-state index contributed by atoms with van der Waals surface area (Å²) in [5, 5.41) is 3.11. The van der Waals surface area contributed by atoms with Gasteiger partial charge in [0.15, 0.2) is 11.5 Å². The highest BCUT2D eigenvalue weighted by molar-refractivity contribution is 7.89. The van der Waals surface area contributed by atoms with Gasteiger partial charge in [0, 0.05) is 41.8 Å². The minimum atomic E-state index is -3.75. The molecule has 176 valence electrons. The molecule has 33 heavy (non-hydrogen) atoms. The number of hydrogen-bond donors (Lipinski definition) is 2. The molecular weight excluding hydrogens is 446 g/mol. The first kappa shape index (κ1) is 24.3. The monoisotopic (exact) mass is 473 g/mol. The number of carbonyl (C=O) groups is 1. The first-order chi connectivity index (χ1) is 15.7. The number of pyridine rings is 1. The Morgan fingerprint density at radius 1 is 1.03 bits per heavy atom. The number of aromatic amines is 1. The lowest BCUT2D eigenvalue weighted by molar-refractivity contribution is 0.102. The van der Waals surface area contributed by atoms with E-state index in [2.05, 4.69) is 10.3 Å². The van der Waals surface area contributed by atoms with Crippen LogP contribution < -0.4 is 20.3 Å². The van der Waals surface area contributed by atoms with E-state index >= 15 is 0 Å². The Balaban J connectivity index is 2.11. The quantitative estimate of drug-likeness (QED) is 0.519. The van der Waals surface area contributed by atoms with Crippen molar-refractivity contribution < 1.29 is 22.7 Å². The fourth-order valence-corrected chi connectivity index (χ4v) is 5.08. The van der Waals surface area contributed by atoms with E-state index in [1.54, 1.807) is 32.9 Å². The second-order valence-corrected chi connectivity index (χ2v) is 9.26. The van der Waals surface area contributed by atoms with Crippen LogP contribution in [0.2, 0.25) is 0 Å². The van der Waals surface area contributed by atoms with Crippen LogP contribution in [-0.4, -0.2) is 50.9 Å². The lowest BCUT2D eigenvalue weighted by Gasteiger charge is -2.19. The summed E-state index contributed by atoms with van der Waals surface area (Å²) < 4.78 is 37.9. The number of fused-ring (bicyclic) bond motifs is 1. The van der Waals surface area contributed by atoms with Crippen LogP contribution >= 0.6 is 0 Å². The van der Waals surface area contributed by atoms with E-state index in [0.29, 0.717) is 41.2 Å². The van der Waals surface area contributed by atoms with Crippen LogP contribution in [0.4, 0.5) is 5.69 Å². The first-order valence-electron chi connectivity index (χ1n) is 10.4. The van der Waals surface area contributed by atoms with Gasteiger partial charge in [-0.3, -0.25) is 9.59 Å². The third-order valence-corrected chi connectivity index (χ3v) is 7.43. The summed E-state index contributed by atoms with van der Waals surface area (Å²) in [5.74, 6) is 0.390. The largest absolute Gasteiger partial charge is 0.493 e. The maximum Gasteiger partial charge on any atom is 0.256 e. The van der Waals surface area contributed by atoms with Crippen molar-refractivity contribution in [3.8, 4) is 11.5 Å². The Hall–Kier alpha value is -3.37. The summed E-state index contributed by atoms with van der Waals surface area (Å²) >= 11 is 0.